The Bertz CT molecular complexity index is 1530. The molecule has 0 aliphatic carbocycles. The molecule has 0 amide bonds. The number of phosphoric ester groups is 1. The van der Waals surface area contributed by atoms with Gasteiger partial charge in [0.15, 0.2) is 6.10 Å². The van der Waals surface area contributed by atoms with E-state index in [4.69, 9.17) is 23.3 Å². The van der Waals surface area contributed by atoms with Crippen LogP contribution >= 0.6 is 7.82 Å². The van der Waals surface area contributed by atoms with Crippen molar-refractivity contribution in [3.05, 3.63) is 85.1 Å². The molecule has 0 aromatic rings. The first kappa shape index (κ1) is 68.7. The highest BCUT2D eigenvalue weighted by Crippen LogP contribution is 2.43. The standard InChI is InChI=1S/C60H103O11P/c1-4-7-10-13-16-19-22-24-26-27-28-29-31-33-36-39-42-45-48-51-60(64)71-57(53-67-58(62)49-46-43-40-37-35-32-30-25-23-20-17-14-11-8-5-2)55-69-72(65,66)68-54-56(52-61)70-59(63)50-47-44-41-38-34-21-18-15-12-9-6-3/h7,10,15-16,18-19,24,26,28-29,33,36,42,45,56-57,61H,4-6,8-9,11-14,17,20-23,25,27,30-32,34-35,37-41,43-44,46-55H2,1-3H3,(H,65,66)/b10-7-,18-15-,19-16-,26-24-,29-28-,36-33-,45-42-. The third-order valence-electron chi connectivity index (χ3n) is 11.8. The molecule has 2 N–H and O–H groups in total. The summed E-state index contributed by atoms with van der Waals surface area (Å²) in [5.74, 6) is -1.57. The van der Waals surface area contributed by atoms with E-state index in [0.29, 0.717) is 25.7 Å². The molecule has 414 valence electrons. The molecule has 3 atom stereocenters. The van der Waals surface area contributed by atoms with Crippen LogP contribution in [0.15, 0.2) is 85.1 Å². The van der Waals surface area contributed by atoms with Crippen LogP contribution in [-0.4, -0.2) is 66.5 Å². The van der Waals surface area contributed by atoms with Crippen LogP contribution < -0.4 is 0 Å². The first-order valence-electron chi connectivity index (χ1n) is 28.5. The molecule has 0 spiro atoms. The van der Waals surface area contributed by atoms with Crippen LogP contribution in [0, 0.1) is 0 Å². The molecule has 72 heavy (non-hydrogen) atoms. The number of carbonyl (C=O) groups excluding carboxylic acids is 3. The number of hydrogen-bond acceptors (Lipinski definition) is 10. The summed E-state index contributed by atoms with van der Waals surface area (Å²) in [4.78, 5) is 48.4. The van der Waals surface area contributed by atoms with Crippen molar-refractivity contribution in [1.29, 1.82) is 0 Å². The highest BCUT2D eigenvalue weighted by molar-refractivity contribution is 7.47. The molecule has 0 aliphatic heterocycles. The van der Waals surface area contributed by atoms with Crippen LogP contribution in [0.25, 0.3) is 0 Å². The summed E-state index contributed by atoms with van der Waals surface area (Å²) in [6.45, 7) is 4.40. The van der Waals surface area contributed by atoms with Crippen molar-refractivity contribution < 1.29 is 52.2 Å². The molecule has 0 bridgehead atoms. The number of ether oxygens (including phenoxy) is 3. The molecule has 0 aliphatic rings. The largest absolute Gasteiger partial charge is 0.472 e. The third kappa shape index (κ3) is 51.6. The molecule has 0 saturated heterocycles. The van der Waals surface area contributed by atoms with Crippen molar-refractivity contribution in [3.63, 3.8) is 0 Å². The van der Waals surface area contributed by atoms with Gasteiger partial charge in [0.1, 0.15) is 12.7 Å². The highest BCUT2D eigenvalue weighted by Gasteiger charge is 2.28. The molecule has 12 heteroatoms. The maximum atomic E-state index is 12.9. The van der Waals surface area contributed by atoms with Gasteiger partial charge in [0.25, 0.3) is 0 Å². The number of hydrogen-bond donors (Lipinski definition) is 2. The van der Waals surface area contributed by atoms with Gasteiger partial charge in [0.05, 0.1) is 19.8 Å². The van der Waals surface area contributed by atoms with Crippen molar-refractivity contribution in [1.82, 2.24) is 0 Å². The van der Waals surface area contributed by atoms with Gasteiger partial charge in [-0.15, -0.1) is 0 Å². The second-order valence-corrected chi connectivity index (χ2v) is 20.2. The zero-order valence-electron chi connectivity index (χ0n) is 45.6. The molecular weight excluding hydrogens is 928 g/mol. The van der Waals surface area contributed by atoms with Gasteiger partial charge in [0, 0.05) is 19.3 Å². The van der Waals surface area contributed by atoms with Gasteiger partial charge in [0.2, 0.25) is 0 Å². The van der Waals surface area contributed by atoms with Gasteiger partial charge < -0.3 is 24.2 Å². The molecule has 0 heterocycles. The second kappa shape index (κ2) is 53.9. The van der Waals surface area contributed by atoms with E-state index in [-0.39, 0.29) is 25.9 Å². The molecule has 0 saturated carbocycles. The summed E-state index contributed by atoms with van der Waals surface area (Å²) < 4.78 is 39.4. The van der Waals surface area contributed by atoms with E-state index in [1.165, 1.54) is 83.5 Å². The van der Waals surface area contributed by atoms with Crippen LogP contribution in [-0.2, 0) is 42.2 Å². The minimum absolute atomic E-state index is 0.0410. The number of aliphatic hydroxyl groups is 1. The lowest BCUT2D eigenvalue weighted by Gasteiger charge is -2.21. The van der Waals surface area contributed by atoms with E-state index in [1.54, 1.807) is 0 Å². The summed E-state index contributed by atoms with van der Waals surface area (Å²) >= 11 is 0. The zero-order valence-corrected chi connectivity index (χ0v) is 46.5. The number of esters is 3. The van der Waals surface area contributed by atoms with Crippen LogP contribution in [0.4, 0.5) is 0 Å². The van der Waals surface area contributed by atoms with E-state index in [9.17, 15) is 28.9 Å². The Morgan fingerprint density at radius 1 is 0.403 bits per heavy atom. The minimum Gasteiger partial charge on any atom is -0.462 e. The zero-order chi connectivity index (χ0) is 52.7. The summed E-state index contributed by atoms with van der Waals surface area (Å²) in [7, 11) is -4.77. The molecule has 0 radical (unpaired) electrons. The van der Waals surface area contributed by atoms with Crippen molar-refractivity contribution in [2.45, 2.75) is 251 Å². The van der Waals surface area contributed by atoms with E-state index >= 15 is 0 Å². The van der Waals surface area contributed by atoms with Gasteiger partial charge in [-0.1, -0.05) is 228 Å². The van der Waals surface area contributed by atoms with Crippen LogP contribution in [0.2, 0.25) is 0 Å². The van der Waals surface area contributed by atoms with Crippen molar-refractivity contribution in [2.75, 3.05) is 26.4 Å². The Balaban J connectivity index is 4.85. The van der Waals surface area contributed by atoms with Gasteiger partial charge in [-0.2, -0.15) is 0 Å². The fourth-order valence-corrected chi connectivity index (χ4v) is 8.26. The summed E-state index contributed by atoms with van der Waals surface area (Å²) in [5.41, 5.74) is 0. The van der Waals surface area contributed by atoms with Crippen LogP contribution in [0.5, 0.6) is 0 Å². The van der Waals surface area contributed by atoms with E-state index in [0.717, 1.165) is 89.9 Å². The maximum absolute atomic E-state index is 12.9. The Morgan fingerprint density at radius 2 is 0.764 bits per heavy atom. The minimum atomic E-state index is -4.77. The lowest BCUT2D eigenvalue weighted by atomic mass is 10.0. The van der Waals surface area contributed by atoms with E-state index in [2.05, 4.69) is 93.7 Å². The quantitative estimate of drug-likeness (QED) is 0.0197. The topological polar surface area (TPSA) is 155 Å². The molecule has 3 unspecified atom stereocenters. The van der Waals surface area contributed by atoms with Gasteiger partial charge >= 0.3 is 25.7 Å². The third-order valence-corrected chi connectivity index (χ3v) is 12.8. The smallest absolute Gasteiger partial charge is 0.462 e. The van der Waals surface area contributed by atoms with Gasteiger partial charge in [-0.3, -0.25) is 23.4 Å². The fraction of sp³-hybridized carbons (Fsp3) is 0.717. The van der Waals surface area contributed by atoms with E-state index < -0.39 is 57.8 Å². The highest BCUT2D eigenvalue weighted by atomic mass is 31.2. The molecule has 0 aromatic carbocycles. The molecule has 0 rings (SSSR count). The Labute approximate surface area is 439 Å². The van der Waals surface area contributed by atoms with E-state index in [1.807, 2.05) is 12.2 Å². The number of phosphoric acid groups is 1. The second-order valence-electron chi connectivity index (χ2n) is 18.7. The van der Waals surface area contributed by atoms with Crippen molar-refractivity contribution in [2.24, 2.45) is 0 Å². The van der Waals surface area contributed by atoms with Gasteiger partial charge in [-0.05, 0) is 77.0 Å². The van der Waals surface area contributed by atoms with Crippen molar-refractivity contribution >= 4 is 25.7 Å². The Kier molecular flexibility index (Phi) is 51.4. The maximum Gasteiger partial charge on any atom is 0.472 e. The number of carbonyl (C=O) groups is 3. The predicted molar refractivity (Wildman–Crippen MR) is 298 cm³/mol. The first-order valence-corrected chi connectivity index (χ1v) is 30.0. The Hall–Kier alpha value is -3.34. The summed E-state index contributed by atoms with van der Waals surface area (Å²) in [6, 6.07) is 0. The average Bonchev–Trinajstić information content (AvgIpc) is 3.37. The first-order chi connectivity index (χ1) is 35.2. The molecule has 11 nitrogen and oxygen atoms in total. The average molecular weight is 1030 g/mol. The molecule has 0 fully saturated rings. The number of aliphatic hydroxyl groups excluding tert-OH is 1. The lowest BCUT2D eigenvalue weighted by molar-refractivity contribution is -0.161. The monoisotopic (exact) mass is 1030 g/mol. The van der Waals surface area contributed by atoms with Gasteiger partial charge in [-0.25, -0.2) is 4.57 Å². The van der Waals surface area contributed by atoms with Crippen LogP contribution in [0.3, 0.4) is 0 Å². The predicted octanol–water partition coefficient (Wildman–Crippen LogP) is 16.7. The number of rotatable bonds is 52. The molecule has 0 aromatic heterocycles. The van der Waals surface area contributed by atoms with Crippen LogP contribution in [0.1, 0.15) is 239 Å². The number of allylic oxidation sites excluding steroid dienone is 14. The Morgan fingerprint density at radius 3 is 1.24 bits per heavy atom. The lowest BCUT2D eigenvalue weighted by Crippen LogP contribution is -2.30. The molecular formula is C60H103O11P. The normalized spacial score (nSPS) is 14.0. The SMILES string of the molecule is CC/C=C\C/C=C\C/C=C\C/C=C\C/C=C\C/C=C\CCC(=O)OC(COC(=O)CCCCCCCCCCCCCCCCC)COP(=O)(O)OCC(CO)OC(=O)CCCCCCC/C=C\CCCC. The summed E-state index contributed by atoms with van der Waals surface area (Å²) in [5, 5.41) is 9.78. The fourth-order valence-electron chi connectivity index (χ4n) is 7.48. The summed E-state index contributed by atoms with van der Waals surface area (Å²) in [6.07, 6.45) is 61.3. The number of unbranched alkanes of at least 4 members (excludes halogenated alkanes) is 21. The van der Waals surface area contributed by atoms with Crippen molar-refractivity contribution in [3.8, 4) is 0 Å².